The predicted molar refractivity (Wildman–Crippen MR) is 92.6 cm³/mol. The summed E-state index contributed by atoms with van der Waals surface area (Å²) in [7, 11) is 1.75. The first kappa shape index (κ1) is 15.7. The van der Waals surface area contributed by atoms with Crippen molar-refractivity contribution in [1.29, 1.82) is 0 Å². The SMILES string of the molecule is CO[C@@H]1C[C@H](CNc2cc(C)nc3ncnn23)N(c2ccncn2)C1. The Labute approximate surface area is 145 Å². The van der Waals surface area contributed by atoms with E-state index in [1.807, 2.05) is 19.1 Å². The Kier molecular flexibility index (Phi) is 4.14. The lowest BCUT2D eigenvalue weighted by atomic mass is 10.2. The highest BCUT2D eigenvalue weighted by molar-refractivity contribution is 5.46. The summed E-state index contributed by atoms with van der Waals surface area (Å²) in [5, 5.41) is 7.72. The van der Waals surface area contributed by atoms with Gasteiger partial charge in [0.15, 0.2) is 0 Å². The van der Waals surface area contributed by atoms with E-state index in [0.29, 0.717) is 5.78 Å². The number of aryl methyl sites for hydroxylation is 1. The first-order valence-electron chi connectivity index (χ1n) is 8.21. The van der Waals surface area contributed by atoms with Crippen LogP contribution in [0.4, 0.5) is 11.6 Å². The van der Waals surface area contributed by atoms with Gasteiger partial charge in [0, 0.05) is 38.2 Å². The number of nitrogens with one attached hydrogen (secondary N) is 1. The molecule has 3 aromatic heterocycles. The molecule has 4 heterocycles. The Morgan fingerprint density at radius 1 is 1.32 bits per heavy atom. The molecule has 0 spiro atoms. The van der Waals surface area contributed by atoms with Crippen LogP contribution in [0.3, 0.4) is 0 Å². The third-order valence-corrected chi connectivity index (χ3v) is 4.47. The highest BCUT2D eigenvalue weighted by Gasteiger charge is 2.33. The first-order chi connectivity index (χ1) is 12.2. The van der Waals surface area contributed by atoms with Gasteiger partial charge in [-0.25, -0.2) is 15.0 Å². The lowest BCUT2D eigenvalue weighted by Gasteiger charge is -2.25. The van der Waals surface area contributed by atoms with Crippen molar-refractivity contribution in [2.75, 3.05) is 30.4 Å². The third kappa shape index (κ3) is 3.10. The summed E-state index contributed by atoms with van der Waals surface area (Å²) in [5.41, 5.74) is 0.900. The van der Waals surface area contributed by atoms with E-state index in [-0.39, 0.29) is 12.1 Å². The van der Waals surface area contributed by atoms with Crippen LogP contribution in [0.2, 0.25) is 0 Å². The number of hydrogen-bond acceptors (Lipinski definition) is 8. The van der Waals surface area contributed by atoms with E-state index >= 15 is 0 Å². The molecule has 2 atom stereocenters. The molecule has 1 aliphatic rings. The fourth-order valence-corrected chi connectivity index (χ4v) is 3.25. The molecular weight excluding hydrogens is 320 g/mol. The fourth-order valence-electron chi connectivity index (χ4n) is 3.25. The van der Waals surface area contributed by atoms with E-state index in [2.05, 4.69) is 35.3 Å². The van der Waals surface area contributed by atoms with E-state index in [9.17, 15) is 0 Å². The van der Waals surface area contributed by atoms with Crippen molar-refractivity contribution >= 4 is 17.4 Å². The van der Waals surface area contributed by atoms with E-state index in [0.717, 1.165) is 36.8 Å². The van der Waals surface area contributed by atoms with Crippen LogP contribution in [0.15, 0.2) is 31.0 Å². The van der Waals surface area contributed by atoms with Crippen LogP contribution in [-0.4, -0.2) is 61.9 Å². The Bertz CT molecular complexity index is 852. The van der Waals surface area contributed by atoms with Crippen molar-refractivity contribution in [1.82, 2.24) is 29.5 Å². The maximum absolute atomic E-state index is 5.57. The number of rotatable bonds is 5. The minimum Gasteiger partial charge on any atom is -0.380 e. The van der Waals surface area contributed by atoms with Gasteiger partial charge < -0.3 is 15.0 Å². The third-order valence-electron chi connectivity index (χ3n) is 4.47. The zero-order valence-electron chi connectivity index (χ0n) is 14.2. The number of methoxy groups -OCH3 is 1. The maximum atomic E-state index is 5.57. The van der Waals surface area contributed by atoms with Gasteiger partial charge in [-0.2, -0.15) is 14.6 Å². The predicted octanol–water partition coefficient (Wildman–Crippen LogP) is 0.929. The van der Waals surface area contributed by atoms with Crippen molar-refractivity contribution in [3.8, 4) is 0 Å². The van der Waals surface area contributed by atoms with Gasteiger partial charge in [0.25, 0.3) is 5.78 Å². The highest BCUT2D eigenvalue weighted by atomic mass is 16.5. The van der Waals surface area contributed by atoms with Crippen LogP contribution < -0.4 is 10.2 Å². The van der Waals surface area contributed by atoms with E-state index in [1.54, 1.807) is 24.1 Å². The minimum absolute atomic E-state index is 0.187. The summed E-state index contributed by atoms with van der Waals surface area (Å²) in [6, 6.07) is 4.16. The molecule has 9 nitrogen and oxygen atoms in total. The largest absolute Gasteiger partial charge is 0.380 e. The van der Waals surface area contributed by atoms with Crippen molar-refractivity contribution in [2.45, 2.75) is 25.5 Å². The zero-order chi connectivity index (χ0) is 17.2. The molecule has 0 aromatic carbocycles. The Balaban J connectivity index is 1.55. The van der Waals surface area contributed by atoms with Crippen LogP contribution in [0.1, 0.15) is 12.1 Å². The zero-order valence-corrected chi connectivity index (χ0v) is 14.2. The smallest absolute Gasteiger partial charge is 0.254 e. The van der Waals surface area contributed by atoms with Gasteiger partial charge in [-0.05, 0) is 19.4 Å². The monoisotopic (exact) mass is 340 g/mol. The summed E-state index contributed by atoms with van der Waals surface area (Å²) < 4.78 is 7.28. The normalized spacial score (nSPS) is 20.3. The molecule has 4 rings (SSSR count). The highest BCUT2D eigenvalue weighted by Crippen LogP contribution is 2.25. The molecule has 1 N–H and O–H groups in total. The Hall–Kier alpha value is -2.81. The molecular formula is C16H20N8O. The average molecular weight is 340 g/mol. The van der Waals surface area contributed by atoms with E-state index < -0.39 is 0 Å². The second-order valence-electron chi connectivity index (χ2n) is 6.10. The molecule has 1 aliphatic heterocycles. The van der Waals surface area contributed by atoms with Gasteiger partial charge in [-0.15, -0.1) is 0 Å². The van der Waals surface area contributed by atoms with Gasteiger partial charge in [-0.1, -0.05) is 0 Å². The standard InChI is InChI=1S/C16H20N8O/c1-11-5-15(24-16(22-11)20-10-21-24)18-7-12-6-13(25-2)8-23(12)14-3-4-17-9-19-14/h3-5,9-10,12-13,18H,6-8H2,1-2H3/t12-,13-/m1/s1. The number of hydrogen-bond donors (Lipinski definition) is 1. The number of ether oxygens (including phenoxy) is 1. The molecule has 0 unspecified atom stereocenters. The lowest BCUT2D eigenvalue weighted by molar-refractivity contribution is 0.118. The van der Waals surface area contributed by atoms with Crippen molar-refractivity contribution in [3.63, 3.8) is 0 Å². The molecule has 130 valence electrons. The summed E-state index contributed by atoms with van der Waals surface area (Å²) >= 11 is 0. The number of anilines is 2. The van der Waals surface area contributed by atoms with Crippen molar-refractivity contribution in [3.05, 3.63) is 36.7 Å². The molecule has 0 amide bonds. The van der Waals surface area contributed by atoms with Gasteiger partial charge in [0.1, 0.15) is 24.3 Å². The Morgan fingerprint density at radius 3 is 3.04 bits per heavy atom. The summed E-state index contributed by atoms with van der Waals surface area (Å²) in [5.74, 6) is 2.39. The van der Waals surface area contributed by atoms with Gasteiger partial charge >= 0.3 is 0 Å². The minimum atomic E-state index is 0.187. The molecule has 0 bridgehead atoms. The van der Waals surface area contributed by atoms with Crippen LogP contribution in [0.25, 0.3) is 5.78 Å². The van der Waals surface area contributed by atoms with Gasteiger partial charge in [0.2, 0.25) is 0 Å². The summed E-state index contributed by atoms with van der Waals surface area (Å²) in [6.07, 6.45) is 5.96. The lowest BCUT2D eigenvalue weighted by Crippen LogP contribution is -2.36. The first-order valence-corrected chi connectivity index (χ1v) is 8.21. The average Bonchev–Trinajstić information content (AvgIpc) is 3.26. The van der Waals surface area contributed by atoms with Crippen LogP contribution in [0.5, 0.6) is 0 Å². The Morgan fingerprint density at radius 2 is 2.24 bits per heavy atom. The molecule has 1 saturated heterocycles. The topological polar surface area (TPSA) is 93.4 Å². The number of aromatic nitrogens is 6. The molecule has 25 heavy (non-hydrogen) atoms. The number of fused-ring (bicyclic) bond motifs is 1. The molecule has 3 aromatic rings. The maximum Gasteiger partial charge on any atom is 0.254 e. The molecule has 1 fully saturated rings. The molecule has 0 radical (unpaired) electrons. The van der Waals surface area contributed by atoms with Gasteiger partial charge in [0.05, 0.1) is 12.1 Å². The van der Waals surface area contributed by atoms with Crippen LogP contribution in [-0.2, 0) is 4.74 Å². The van der Waals surface area contributed by atoms with Crippen LogP contribution in [0, 0.1) is 6.92 Å². The fraction of sp³-hybridized carbons (Fsp3) is 0.438. The summed E-state index contributed by atoms with van der Waals surface area (Å²) in [6.45, 7) is 3.50. The second kappa shape index (κ2) is 6.60. The van der Waals surface area contributed by atoms with Crippen molar-refractivity contribution in [2.24, 2.45) is 0 Å². The summed E-state index contributed by atoms with van der Waals surface area (Å²) in [4.78, 5) is 19.2. The second-order valence-corrected chi connectivity index (χ2v) is 6.10. The van der Waals surface area contributed by atoms with Crippen molar-refractivity contribution < 1.29 is 4.74 Å². The molecule has 0 saturated carbocycles. The quantitative estimate of drug-likeness (QED) is 0.733. The van der Waals surface area contributed by atoms with Crippen LogP contribution >= 0.6 is 0 Å². The molecule has 0 aliphatic carbocycles. The van der Waals surface area contributed by atoms with Gasteiger partial charge in [-0.3, -0.25) is 0 Å². The van der Waals surface area contributed by atoms with E-state index in [1.165, 1.54) is 6.33 Å². The molecule has 9 heteroatoms. The van der Waals surface area contributed by atoms with E-state index in [4.69, 9.17) is 4.74 Å². The number of nitrogens with zero attached hydrogens (tertiary/aromatic N) is 7.